The van der Waals surface area contributed by atoms with Crippen molar-refractivity contribution < 1.29 is 10.2 Å². The Morgan fingerprint density at radius 2 is 2.00 bits per heavy atom. The van der Waals surface area contributed by atoms with E-state index in [4.69, 9.17) is 0 Å². The van der Waals surface area contributed by atoms with Crippen molar-refractivity contribution in [3.8, 4) is 5.75 Å². The van der Waals surface area contributed by atoms with E-state index >= 15 is 0 Å². The van der Waals surface area contributed by atoms with Crippen LogP contribution < -0.4 is 5.32 Å². The number of piperidine rings is 1. The molecule has 1 saturated heterocycles. The third-order valence-corrected chi connectivity index (χ3v) is 8.44. The van der Waals surface area contributed by atoms with Crippen molar-refractivity contribution in [3.05, 3.63) is 29.3 Å². The molecule has 142 valence electrons. The second-order valence-electron chi connectivity index (χ2n) is 9.70. The molecule has 0 radical (unpaired) electrons. The quantitative estimate of drug-likeness (QED) is 0.776. The van der Waals surface area contributed by atoms with E-state index in [1.54, 1.807) is 0 Å². The summed E-state index contributed by atoms with van der Waals surface area (Å²) in [5.74, 6) is 0.383. The fourth-order valence-electron chi connectivity index (χ4n) is 7.08. The van der Waals surface area contributed by atoms with Crippen molar-refractivity contribution in [2.75, 3.05) is 20.1 Å². The maximum absolute atomic E-state index is 10.8. The first-order valence-corrected chi connectivity index (χ1v) is 10.4. The molecule has 3 fully saturated rings. The third-order valence-electron chi connectivity index (χ3n) is 8.44. The number of rotatable bonds is 4. The molecule has 5 rings (SSSR count). The van der Waals surface area contributed by atoms with Crippen LogP contribution in [0.1, 0.15) is 56.6 Å². The van der Waals surface area contributed by atoms with Gasteiger partial charge in [0.1, 0.15) is 5.75 Å². The second-order valence-corrected chi connectivity index (χ2v) is 9.70. The summed E-state index contributed by atoms with van der Waals surface area (Å²) in [6.45, 7) is 4.42. The average Bonchev–Trinajstić information content (AvgIpc) is 2.82. The summed E-state index contributed by atoms with van der Waals surface area (Å²) >= 11 is 0. The first-order valence-electron chi connectivity index (χ1n) is 10.4. The number of likely N-dealkylation sites (tertiary alicyclic amines) is 1. The van der Waals surface area contributed by atoms with Crippen LogP contribution in [0.15, 0.2) is 18.2 Å². The topological polar surface area (TPSA) is 55.7 Å². The van der Waals surface area contributed by atoms with Crippen LogP contribution in [-0.4, -0.2) is 52.9 Å². The molecule has 1 aromatic rings. The first kappa shape index (κ1) is 17.0. The van der Waals surface area contributed by atoms with Crippen LogP contribution in [0.4, 0.5) is 0 Å². The lowest BCUT2D eigenvalue weighted by atomic mass is 9.40. The van der Waals surface area contributed by atoms with E-state index in [9.17, 15) is 10.2 Å². The van der Waals surface area contributed by atoms with E-state index < -0.39 is 5.60 Å². The lowest BCUT2D eigenvalue weighted by molar-refractivity contribution is -0.216. The Kier molecular flexibility index (Phi) is 3.58. The minimum Gasteiger partial charge on any atom is -0.508 e. The number of likely N-dealkylation sites (N-methyl/N-ethyl adjacent to an activating group) is 1. The van der Waals surface area contributed by atoms with Gasteiger partial charge in [0.2, 0.25) is 0 Å². The standard InChI is InChI=1S/C22H32N2O2/c1-20-17-12-16(25)7-6-15(17)13-22(20)14-24(2)19(22)18(20)23-11-10-21(26)8-4-3-5-9-21/h6-7,12,18-19,23,25-26H,3-5,8-11,13-14H2,1-2H3/t18-,19+,20-,22+/m1/s1. The summed E-state index contributed by atoms with van der Waals surface area (Å²) in [7, 11) is 2.24. The lowest BCUT2D eigenvalue weighted by Gasteiger charge is -2.76. The van der Waals surface area contributed by atoms with Gasteiger partial charge in [-0.3, -0.25) is 0 Å². The van der Waals surface area contributed by atoms with Crippen molar-refractivity contribution in [1.82, 2.24) is 10.2 Å². The SMILES string of the molecule is CN1C[C@]23Cc4ccc(O)cc4[C@]2(C)[C@H](NCCC2(O)CCCCC2)[C@H]13. The summed E-state index contributed by atoms with van der Waals surface area (Å²) in [4.78, 5) is 2.49. The van der Waals surface area contributed by atoms with Crippen LogP contribution in [0, 0.1) is 5.41 Å². The summed E-state index contributed by atoms with van der Waals surface area (Å²) in [5, 5.41) is 24.7. The maximum Gasteiger partial charge on any atom is 0.115 e. The fourth-order valence-corrected chi connectivity index (χ4v) is 7.08. The van der Waals surface area contributed by atoms with Gasteiger partial charge in [0.15, 0.2) is 0 Å². The van der Waals surface area contributed by atoms with Crippen molar-refractivity contribution in [3.63, 3.8) is 0 Å². The maximum atomic E-state index is 10.8. The van der Waals surface area contributed by atoms with Gasteiger partial charge in [0, 0.05) is 29.5 Å². The highest BCUT2D eigenvalue weighted by molar-refractivity contribution is 5.56. The monoisotopic (exact) mass is 356 g/mol. The predicted octanol–water partition coefficient (Wildman–Crippen LogP) is 2.56. The zero-order valence-electron chi connectivity index (χ0n) is 16.1. The van der Waals surface area contributed by atoms with Crippen LogP contribution >= 0.6 is 0 Å². The molecular formula is C22H32N2O2. The molecule has 4 aliphatic rings. The van der Waals surface area contributed by atoms with Crippen molar-refractivity contribution >= 4 is 0 Å². The first-order chi connectivity index (χ1) is 12.4. The van der Waals surface area contributed by atoms with Crippen molar-refractivity contribution in [1.29, 1.82) is 0 Å². The molecule has 3 aliphatic carbocycles. The van der Waals surface area contributed by atoms with Crippen LogP contribution in [0.2, 0.25) is 0 Å². The van der Waals surface area contributed by atoms with Gasteiger partial charge in [-0.2, -0.15) is 0 Å². The van der Waals surface area contributed by atoms with Crippen LogP contribution in [0.5, 0.6) is 5.75 Å². The normalized spacial score (nSPS) is 40.1. The number of fused-ring (bicyclic) bond motifs is 2. The number of phenolic OH excluding ortho intramolecular Hbond substituents is 1. The minimum atomic E-state index is -0.454. The van der Waals surface area contributed by atoms with Crippen LogP contribution in [-0.2, 0) is 11.8 Å². The van der Waals surface area contributed by atoms with Crippen molar-refractivity contribution in [2.45, 2.75) is 75.0 Å². The molecule has 4 nitrogen and oxygen atoms in total. The lowest BCUT2D eigenvalue weighted by Crippen LogP contribution is -2.89. The van der Waals surface area contributed by atoms with Gasteiger partial charge < -0.3 is 20.4 Å². The molecule has 2 saturated carbocycles. The number of aromatic hydroxyl groups is 1. The molecule has 0 unspecified atom stereocenters. The van der Waals surface area contributed by atoms with E-state index in [1.807, 2.05) is 12.1 Å². The third kappa shape index (κ3) is 2.01. The van der Waals surface area contributed by atoms with Crippen molar-refractivity contribution in [2.24, 2.45) is 5.41 Å². The molecule has 4 heteroatoms. The smallest absolute Gasteiger partial charge is 0.115 e. The molecule has 1 aromatic carbocycles. The highest BCUT2D eigenvalue weighted by atomic mass is 16.3. The van der Waals surface area contributed by atoms with Gasteiger partial charge in [0.25, 0.3) is 0 Å². The Labute approximate surface area is 156 Å². The molecule has 0 amide bonds. The van der Waals surface area contributed by atoms with Crippen LogP contribution in [0.25, 0.3) is 0 Å². The van der Waals surface area contributed by atoms with Gasteiger partial charge in [-0.25, -0.2) is 0 Å². The molecule has 1 spiro atoms. The number of hydrogen-bond donors (Lipinski definition) is 3. The number of hydrogen-bond acceptors (Lipinski definition) is 4. The fraction of sp³-hybridized carbons (Fsp3) is 0.727. The summed E-state index contributed by atoms with van der Waals surface area (Å²) in [6.07, 6.45) is 7.51. The summed E-state index contributed by atoms with van der Waals surface area (Å²) in [6, 6.07) is 6.93. The van der Waals surface area contributed by atoms with E-state index in [1.165, 1.54) is 30.4 Å². The molecule has 0 bridgehead atoms. The minimum absolute atomic E-state index is 0.0907. The molecule has 4 atom stereocenters. The number of nitrogens with zero attached hydrogens (tertiary/aromatic N) is 1. The Morgan fingerprint density at radius 3 is 2.73 bits per heavy atom. The molecular weight excluding hydrogens is 324 g/mol. The zero-order valence-corrected chi connectivity index (χ0v) is 16.1. The average molecular weight is 357 g/mol. The molecule has 1 heterocycles. The summed E-state index contributed by atoms with van der Waals surface area (Å²) in [5.41, 5.74) is 2.73. The Bertz CT molecular complexity index is 729. The van der Waals surface area contributed by atoms with E-state index in [2.05, 4.69) is 30.3 Å². The Morgan fingerprint density at radius 1 is 1.23 bits per heavy atom. The number of phenols is 1. The molecule has 3 N–H and O–H groups in total. The van der Waals surface area contributed by atoms with Gasteiger partial charge in [-0.15, -0.1) is 0 Å². The number of aliphatic hydroxyl groups is 1. The predicted molar refractivity (Wildman–Crippen MR) is 102 cm³/mol. The molecule has 0 aromatic heterocycles. The largest absolute Gasteiger partial charge is 0.508 e. The highest BCUT2D eigenvalue weighted by Gasteiger charge is 2.78. The Balaban J connectivity index is 1.35. The van der Waals surface area contributed by atoms with Gasteiger partial charge >= 0.3 is 0 Å². The van der Waals surface area contributed by atoms with Crippen LogP contribution in [0.3, 0.4) is 0 Å². The van der Waals surface area contributed by atoms with Gasteiger partial charge in [0.05, 0.1) is 5.60 Å². The number of benzene rings is 1. The second kappa shape index (κ2) is 5.46. The van der Waals surface area contributed by atoms with Gasteiger partial charge in [-0.05, 0) is 62.5 Å². The summed E-state index contributed by atoms with van der Waals surface area (Å²) < 4.78 is 0. The van der Waals surface area contributed by atoms with Gasteiger partial charge in [-0.1, -0.05) is 32.3 Å². The Hall–Kier alpha value is -1.10. The molecule has 1 aliphatic heterocycles. The number of nitrogens with one attached hydrogen (secondary N) is 1. The molecule has 26 heavy (non-hydrogen) atoms. The zero-order chi connectivity index (χ0) is 18.2. The highest BCUT2D eigenvalue weighted by Crippen LogP contribution is 2.70. The van der Waals surface area contributed by atoms with E-state index in [0.29, 0.717) is 23.2 Å². The van der Waals surface area contributed by atoms with E-state index in [0.717, 1.165) is 38.8 Å². The van der Waals surface area contributed by atoms with E-state index in [-0.39, 0.29) is 5.41 Å².